The molecule has 22 heavy (non-hydrogen) atoms. The fourth-order valence-corrected chi connectivity index (χ4v) is 1.57. The number of pyridine rings is 1. The summed E-state index contributed by atoms with van der Waals surface area (Å²) in [5.74, 6) is -0.400. The first-order valence-corrected chi connectivity index (χ1v) is 8.41. The second-order valence-corrected chi connectivity index (χ2v) is 4.08. The van der Waals surface area contributed by atoms with Crippen LogP contribution in [0.1, 0.15) is 53.5 Å². The van der Waals surface area contributed by atoms with Crippen LogP contribution in [0.5, 0.6) is 0 Å². The van der Waals surface area contributed by atoms with Crippen molar-refractivity contribution in [2.24, 2.45) is 0 Å². The van der Waals surface area contributed by atoms with E-state index in [1.54, 1.807) is 25.4 Å². The van der Waals surface area contributed by atoms with Gasteiger partial charge in [0.05, 0.1) is 12.7 Å². The van der Waals surface area contributed by atoms with Crippen LogP contribution in [0, 0.1) is 0 Å². The number of rotatable bonds is 6. The summed E-state index contributed by atoms with van der Waals surface area (Å²) in [6.07, 6.45) is 6.36. The molecule has 0 aromatic carbocycles. The highest BCUT2D eigenvalue weighted by molar-refractivity contribution is 6.17. The topological polar surface area (TPSA) is 55.8 Å². The van der Waals surface area contributed by atoms with Crippen LogP contribution in [0.25, 0.3) is 6.08 Å². The fourth-order valence-electron chi connectivity index (χ4n) is 1.47. The molecule has 1 rings (SSSR count). The fraction of sp³-hybridized carbons (Fsp3) is 0.529. The third kappa shape index (κ3) is 9.53. The molecule has 0 atom stereocenters. The summed E-state index contributed by atoms with van der Waals surface area (Å²) in [6, 6.07) is 1.74. The Balaban J connectivity index is 0. The number of aromatic nitrogens is 1. The van der Waals surface area contributed by atoms with Gasteiger partial charge in [0.15, 0.2) is 11.8 Å². The first-order chi connectivity index (χ1) is 10.7. The smallest absolute Gasteiger partial charge is 0.334 e. The van der Waals surface area contributed by atoms with Crippen LogP contribution in [-0.2, 0) is 9.53 Å². The highest BCUT2D eigenvalue weighted by Crippen LogP contribution is 2.13. The zero-order valence-electron chi connectivity index (χ0n) is 14.6. The maximum absolute atomic E-state index is 11.5. The van der Waals surface area contributed by atoms with Crippen molar-refractivity contribution in [3.8, 4) is 0 Å². The zero-order valence-corrected chi connectivity index (χ0v) is 15.4. The summed E-state index contributed by atoms with van der Waals surface area (Å²) >= 11 is 5.36. The van der Waals surface area contributed by atoms with E-state index in [1.165, 1.54) is 0 Å². The van der Waals surface area contributed by atoms with Gasteiger partial charge in [0.25, 0.3) is 0 Å². The second-order valence-electron chi connectivity index (χ2n) is 3.87. The minimum Gasteiger partial charge on any atom is -0.446 e. The molecule has 0 bridgehead atoms. The van der Waals surface area contributed by atoms with Crippen LogP contribution in [-0.4, -0.2) is 23.6 Å². The molecule has 0 amide bonds. The molecule has 5 heteroatoms. The third-order valence-electron chi connectivity index (χ3n) is 2.42. The SMILES string of the molecule is CC.CC.CCC[NH2+]c1cnccc1/C=C(\C)C(=O)OCCl. The molecule has 1 aromatic rings. The Kier molecular flexibility index (Phi) is 16.6. The minimum absolute atomic E-state index is 0.130. The largest absolute Gasteiger partial charge is 0.446 e. The highest BCUT2D eigenvalue weighted by Gasteiger charge is 2.08. The monoisotopic (exact) mass is 329 g/mol. The third-order valence-corrected chi connectivity index (χ3v) is 2.53. The molecular formula is C17H30ClN2O2+. The standard InChI is InChI=1S/C13H17ClN2O2.2C2H6/c1-3-5-16-12-8-15-6-4-11(12)7-10(2)13(17)18-9-14;2*1-2/h4,6-8,16H,3,5,9H2,1-2H3;2*1-2H3/p+1/b10-7+;;. The number of nitrogens with zero attached hydrogens (tertiary/aromatic N) is 1. The number of esters is 1. The number of ether oxygens (including phenoxy) is 1. The summed E-state index contributed by atoms with van der Waals surface area (Å²) in [4.78, 5) is 15.6. The first kappa shape index (κ1) is 22.9. The molecule has 4 nitrogen and oxygen atoms in total. The summed E-state index contributed by atoms with van der Waals surface area (Å²) in [6.45, 7) is 12.8. The molecule has 0 aliphatic rings. The Morgan fingerprint density at radius 2 is 2.00 bits per heavy atom. The zero-order chi connectivity index (χ0) is 17.4. The van der Waals surface area contributed by atoms with Gasteiger partial charge in [-0.2, -0.15) is 0 Å². The molecule has 0 saturated carbocycles. The number of carbonyl (C=O) groups excluding carboxylic acids is 1. The lowest BCUT2D eigenvalue weighted by Crippen LogP contribution is -2.78. The van der Waals surface area contributed by atoms with E-state index in [1.807, 2.05) is 33.8 Å². The molecular weight excluding hydrogens is 300 g/mol. The van der Waals surface area contributed by atoms with Crippen molar-refractivity contribution in [2.75, 3.05) is 12.6 Å². The van der Waals surface area contributed by atoms with Gasteiger partial charge in [0, 0.05) is 17.3 Å². The van der Waals surface area contributed by atoms with Gasteiger partial charge in [0.1, 0.15) is 0 Å². The first-order valence-electron chi connectivity index (χ1n) is 7.87. The van der Waals surface area contributed by atoms with Gasteiger partial charge < -0.3 is 10.1 Å². The van der Waals surface area contributed by atoms with Gasteiger partial charge in [-0.15, -0.1) is 0 Å². The summed E-state index contributed by atoms with van der Waals surface area (Å²) < 4.78 is 4.73. The molecule has 0 spiro atoms. The van der Waals surface area contributed by atoms with E-state index in [0.717, 1.165) is 24.2 Å². The lowest BCUT2D eigenvalue weighted by atomic mass is 10.1. The van der Waals surface area contributed by atoms with Crippen molar-refractivity contribution >= 4 is 29.3 Å². The lowest BCUT2D eigenvalue weighted by Gasteiger charge is -2.04. The van der Waals surface area contributed by atoms with E-state index in [2.05, 4.69) is 17.2 Å². The van der Waals surface area contributed by atoms with Gasteiger partial charge in [-0.1, -0.05) is 46.2 Å². The predicted octanol–water partition coefficient (Wildman–Crippen LogP) is 3.88. The molecule has 126 valence electrons. The van der Waals surface area contributed by atoms with E-state index in [0.29, 0.717) is 5.57 Å². The van der Waals surface area contributed by atoms with Crippen molar-refractivity contribution in [3.05, 3.63) is 29.6 Å². The van der Waals surface area contributed by atoms with Crippen LogP contribution < -0.4 is 5.32 Å². The van der Waals surface area contributed by atoms with Gasteiger partial charge >= 0.3 is 5.97 Å². The van der Waals surface area contributed by atoms with Gasteiger partial charge in [-0.3, -0.25) is 4.98 Å². The molecule has 0 aliphatic heterocycles. The van der Waals surface area contributed by atoms with Crippen LogP contribution in [0.2, 0.25) is 0 Å². The van der Waals surface area contributed by atoms with Crippen molar-refractivity contribution < 1.29 is 14.8 Å². The van der Waals surface area contributed by atoms with Crippen molar-refractivity contribution in [2.45, 2.75) is 48.0 Å². The Morgan fingerprint density at radius 3 is 2.55 bits per heavy atom. The summed E-state index contributed by atoms with van der Waals surface area (Å²) in [5, 5.41) is 2.11. The van der Waals surface area contributed by atoms with Crippen LogP contribution >= 0.6 is 11.6 Å². The predicted molar refractivity (Wildman–Crippen MR) is 94.1 cm³/mol. The maximum atomic E-state index is 11.5. The minimum atomic E-state index is -0.400. The maximum Gasteiger partial charge on any atom is 0.334 e. The summed E-state index contributed by atoms with van der Waals surface area (Å²) in [5.41, 5.74) is 2.51. The van der Waals surface area contributed by atoms with Crippen molar-refractivity contribution in [1.29, 1.82) is 0 Å². The molecule has 0 radical (unpaired) electrons. The summed E-state index contributed by atoms with van der Waals surface area (Å²) in [7, 11) is 0. The van der Waals surface area contributed by atoms with Crippen LogP contribution in [0.15, 0.2) is 24.0 Å². The number of nitrogens with two attached hydrogens (primary N) is 1. The Morgan fingerprint density at radius 1 is 1.36 bits per heavy atom. The van der Waals surface area contributed by atoms with Crippen LogP contribution in [0.4, 0.5) is 5.69 Å². The van der Waals surface area contributed by atoms with E-state index >= 15 is 0 Å². The van der Waals surface area contributed by atoms with Gasteiger partial charge in [0.2, 0.25) is 0 Å². The Labute approximate surface area is 139 Å². The average Bonchev–Trinajstić information content (AvgIpc) is 2.58. The van der Waals surface area contributed by atoms with Gasteiger partial charge in [-0.25, -0.2) is 4.79 Å². The Bertz CT molecular complexity index is 434. The molecule has 1 heterocycles. The number of halogens is 1. The number of quaternary nitrogens is 1. The van der Waals surface area contributed by atoms with E-state index < -0.39 is 5.97 Å². The van der Waals surface area contributed by atoms with E-state index in [9.17, 15) is 4.79 Å². The normalized spacial score (nSPS) is 9.86. The quantitative estimate of drug-likeness (QED) is 0.489. The number of hydrogen-bond donors (Lipinski definition) is 1. The Hall–Kier alpha value is -1.39. The molecule has 0 unspecified atom stereocenters. The number of alkyl halides is 1. The molecule has 0 fully saturated rings. The molecule has 0 aliphatic carbocycles. The highest BCUT2D eigenvalue weighted by atomic mass is 35.5. The second kappa shape index (κ2) is 16.0. The van der Waals surface area contributed by atoms with Gasteiger partial charge in [-0.05, 0) is 25.5 Å². The molecule has 1 aromatic heterocycles. The molecule has 0 saturated heterocycles. The number of carbonyl (C=O) groups is 1. The van der Waals surface area contributed by atoms with E-state index in [-0.39, 0.29) is 6.07 Å². The van der Waals surface area contributed by atoms with Crippen molar-refractivity contribution in [1.82, 2.24) is 4.98 Å². The van der Waals surface area contributed by atoms with Crippen molar-refractivity contribution in [3.63, 3.8) is 0 Å². The van der Waals surface area contributed by atoms with E-state index in [4.69, 9.17) is 16.3 Å². The van der Waals surface area contributed by atoms with Crippen LogP contribution in [0.3, 0.4) is 0 Å². The average molecular weight is 330 g/mol. The lowest BCUT2D eigenvalue weighted by molar-refractivity contribution is -0.571. The number of hydrogen-bond acceptors (Lipinski definition) is 3. The molecule has 2 N–H and O–H groups in total.